The van der Waals surface area contributed by atoms with Crippen molar-refractivity contribution in [2.45, 2.75) is 6.36 Å². The van der Waals surface area contributed by atoms with E-state index < -0.39 is 29.5 Å². The SMILES string of the molecule is Oc1ccc(-c2cc(F)cc(F)c2)cc1OC(F)(F)F. The van der Waals surface area contributed by atoms with Gasteiger partial charge in [-0.3, -0.25) is 0 Å². The van der Waals surface area contributed by atoms with Gasteiger partial charge in [-0.05, 0) is 35.4 Å². The lowest BCUT2D eigenvalue weighted by Crippen LogP contribution is -2.17. The highest BCUT2D eigenvalue weighted by Crippen LogP contribution is 2.35. The molecule has 0 aliphatic rings. The first-order valence-corrected chi connectivity index (χ1v) is 5.30. The smallest absolute Gasteiger partial charge is 0.504 e. The average molecular weight is 290 g/mol. The normalized spacial score (nSPS) is 11.4. The van der Waals surface area contributed by atoms with Gasteiger partial charge in [-0.2, -0.15) is 0 Å². The zero-order valence-corrected chi connectivity index (χ0v) is 9.71. The van der Waals surface area contributed by atoms with E-state index in [1.807, 2.05) is 0 Å². The van der Waals surface area contributed by atoms with Gasteiger partial charge in [0, 0.05) is 6.07 Å². The molecule has 0 radical (unpaired) electrons. The van der Waals surface area contributed by atoms with Crippen molar-refractivity contribution in [1.82, 2.24) is 0 Å². The highest BCUT2D eigenvalue weighted by molar-refractivity contribution is 5.67. The summed E-state index contributed by atoms with van der Waals surface area (Å²) in [5.41, 5.74) is 0.0926. The number of hydrogen-bond donors (Lipinski definition) is 1. The van der Waals surface area contributed by atoms with Gasteiger partial charge in [0.2, 0.25) is 0 Å². The van der Waals surface area contributed by atoms with Crippen LogP contribution in [-0.2, 0) is 0 Å². The molecule has 1 N–H and O–H groups in total. The molecule has 0 unspecified atom stereocenters. The summed E-state index contributed by atoms with van der Waals surface area (Å²) in [5.74, 6) is -3.32. The molecule has 0 bridgehead atoms. The zero-order chi connectivity index (χ0) is 14.9. The van der Waals surface area contributed by atoms with Crippen LogP contribution < -0.4 is 4.74 Å². The fourth-order valence-electron chi connectivity index (χ4n) is 1.62. The summed E-state index contributed by atoms with van der Waals surface area (Å²) < 4.78 is 66.1. The lowest BCUT2D eigenvalue weighted by Gasteiger charge is -2.12. The number of phenols is 1. The second-order valence-corrected chi connectivity index (χ2v) is 3.89. The monoisotopic (exact) mass is 290 g/mol. The van der Waals surface area contributed by atoms with E-state index in [1.165, 1.54) is 6.07 Å². The number of hydrogen-bond acceptors (Lipinski definition) is 2. The number of aromatic hydroxyl groups is 1. The highest BCUT2D eigenvalue weighted by atomic mass is 19.4. The van der Waals surface area contributed by atoms with Gasteiger partial charge in [-0.1, -0.05) is 6.07 Å². The summed E-state index contributed by atoms with van der Waals surface area (Å²) in [7, 11) is 0. The fraction of sp³-hybridized carbons (Fsp3) is 0.0769. The second kappa shape index (κ2) is 4.99. The van der Waals surface area contributed by atoms with Gasteiger partial charge in [0.15, 0.2) is 11.5 Å². The summed E-state index contributed by atoms with van der Waals surface area (Å²) in [6.07, 6.45) is -4.98. The number of phenolic OH excluding ortho intramolecular Hbond substituents is 1. The van der Waals surface area contributed by atoms with Gasteiger partial charge < -0.3 is 9.84 Å². The number of rotatable bonds is 2. The third kappa shape index (κ3) is 3.37. The molecule has 0 aliphatic carbocycles. The molecule has 2 nitrogen and oxygen atoms in total. The Bertz CT molecular complexity index is 617. The van der Waals surface area contributed by atoms with E-state index in [4.69, 9.17) is 0 Å². The average Bonchev–Trinajstić information content (AvgIpc) is 2.29. The molecule has 0 heterocycles. The highest BCUT2D eigenvalue weighted by Gasteiger charge is 2.32. The zero-order valence-electron chi connectivity index (χ0n) is 9.71. The van der Waals surface area contributed by atoms with Crippen molar-refractivity contribution < 1.29 is 31.8 Å². The molecule has 0 amide bonds. The Labute approximate surface area is 110 Å². The first-order chi connectivity index (χ1) is 9.24. The Morgan fingerprint density at radius 3 is 2.00 bits per heavy atom. The second-order valence-electron chi connectivity index (χ2n) is 3.89. The third-order valence-corrected chi connectivity index (χ3v) is 2.38. The number of alkyl halides is 3. The minimum absolute atomic E-state index is 0.0227. The largest absolute Gasteiger partial charge is 0.573 e. The Morgan fingerprint density at radius 2 is 1.45 bits per heavy atom. The summed E-state index contributed by atoms with van der Waals surface area (Å²) in [6, 6.07) is 5.54. The summed E-state index contributed by atoms with van der Waals surface area (Å²) in [6.45, 7) is 0. The van der Waals surface area contributed by atoms with Gasteiger partial charge in [0.05, 0.1) is 0 Å². The topological polar surface area (TPSA) is 29.5 Å². The molecule has 0 atom stereocenters. The van der Waals surface area contributed by atoms with Gasteiger partial charge in [0.25, 0.3) is 0 Å². The van der Waals surface area contributed by atoms with Crippen molar-refractivity contribution >= 4 is 0 Å². The maximum Gasteiger partial charge on any atom is 0.573 e. The summed E-state index contributed by atoms with van der Waals surface area (Å²) in [5, 5.41) is 9.28. The Balaban J connectivity index is 2.45. The van der Waals surface area contributed by atoms with E-state index in [1.54, 1.807) is 0 Å². The van der Waals surface area contributed by atoms with Gasteiger partial charge in [-0.15, -0.1) is 13.2 Å². The van der Waals surface area contributed by atoms with Crippen LogP contribution in [0.4, 0.5) is 22.0 Å². The maximum atomic E-state index is 13.1. The molecular weight excluding hydrogens is 283 g/mol. The predicted molar refractivity (Wildman–Crippen MR) is 60.1 cm³/mol. The molecule has 0 fully saturated rings. The van der Waals surface area contributed by atoms with Gasteiger partial charge >= 0.3 is 6.36 Å². The summed E-state index contributed by atoms with van der Waals surface area (Å²) in [4.78, 5) is 0. The van der Waals surface area contributed by atoms with Crippen LogP contribution in [0.2, 0.25) is 0 Å². The third-order valence-electron chi connectivity index (χ3n) is 2.38. The van der Waals surface area contributed by atoms with E-state index >= 15 is 0 Å². The quantitative estimate of drug-likeness (QED) is 0.838. The molecule has 0 aliphatic heterocycles. The van der Waals surface area contributed by atoms with E-state index in [9.17, 15) is 27.1 Å². The molecule has 2 aromatic rings. The van der Waals surface area contributed by atoms with Crippen molar-refractivity contribution in [2.24, 2.45) is 0 Å². The molecule has 2 aromatic carbocycles. The van der Waals surface area contributed by atoms with Crippen LogP contribution in [0.5, 0.6) is 11.5 Å². The Hall–Kier alpha value is -2.31. The number of halogens is 5. The van der Waals surface area contributed by atoms with Crippen LogP contribution >= 0.6 is 0 Å². The summed E-state index contributed by atoms with van der Waals surface area (Å²) >= 11 is 0. The van der Waals surface area contributed by atoms with E-state index in [2.05, 4.69) is 4.74 Å². The van der Waals surface area contributed by atoms with E-state index in [-0.39, 0.29) is 11.1 Å². The van der Waals surface area contributed by atoms with Crippen molar-refractivity contribution in [1.29, 1.82) is 0 Å². The van der Waals surface area contributed by atoms with Crippen LogP contribution in [0, 0.1) is 11.6 Å². The van der Waals surface area contributed by atoms with E-state index in [0.717, 1.165) is 24.3 Å². The van der Waals surface area contributed by atoms with Crippen LogP contribution in [0.15, 0.2) is 36.4 Å². The van der Waals surface area contributed by atoms with Gasteiger partial charge in [-0.25, -0.2) is 8.78 Å². The molecule has 0 spiro atoms. The fourth-order valence-corrected chi connectivity index (χ4v) is 1.62. The molecule has 106 valence electrons. The van der Waals surface area contributed by atoms with Crippen molar-refractivity contribution in [3.63, 3.8) is 0 Å². The number of benzene rings is 2. The first-order valence-electron chi connectivity index (χ1n) is 5.30. The minimum atomic E-state index is -4.98. The number of ether oxygens (including phenoxy) is 1. The van der Waals surface area contributed by atoms with E-state index in [0.29, 0.717) is 6.07 Å². The first kappa shape index (κ1) is 14.1. The van der Waals surface area contributed by atoms with Crippen LogP contribution in [0.25, 0.3) is 11.1 Å². The van der Waals surface area contributed by atoms with Crippen molar-refractivity contribution in [2.75, 3.05) is 0 Å². The Kier molecular flexibility index (Phi) is 3.52. The van der Waals surface area contributed by atoms with Crippen molar-refractivity contribution in [3.8, 4) is 22.6 Å². The standard InChI is InChI=1S/C13H7F5O2/c14-9-3-8(4-10(15)6-9)7-1-2-11(19)12(5-7)20-13(16,17)18/h1-6,19H. The molecule has 2 rings (SSSR count). The molecular formula is C13H7F5O2. The lowest BCUT2D eigenvalue weighted by atomic mass is 10.0. The lowest BCUT2D eigenvalue weighted by molar-refractivity contribution is -0.275. The Morgan fingerprint density at radius 1 is 0.850 bits per heavy atom. The predicted octanol–water partition coefficient (Wildman–Crippen LogP) is 4.24. The maximum absolute atomic E-state index is 13.1. The molecule has 0 saturated heterocycles. The molecule has 0 aromatic heterocycles. The van der Waals surface area contributed by atoms with Crippen molar-refractivity contribution in [3.05, 3.63) is 48.0 Å². The van der Waals surface area contributed by atoms with Crippen LogP contribution in [0.1, 0.15) is 0 Å². The molecule has 0 saturated carbocycles. The van der Waals surface area contributed by atoms with Crippen LogP contribution in [-0.4, -0.2) is 11.5 Å². The molecule has 20 heavy (non-hydrogen) atoms. The van der Waals surface area contributed by atoms with Gasteiger partial charge in [0.1, 0.15) is 11.6 Å². The molecule has 7 heteroatoms. The minimum Gasteiger partial charge on any atom is -0.504 e. The van der Waals surface area contributed by atoms with Crippen LogP contribution in [0.3, 0.4) is 0 Å².